The van der Waals surface area contributed by atoms with Crippen LogP contribution in [0.3, 0.4) is 0 Å². The standard InChI is InChI=1S/C11H17N3O3S/c12-9-10-3-1-2-4-11(10)18(15,16)13-14-5-7-17-8-6-14/h1-4,13H,5-9,12H2. The highest BCUT2D eigenvalue weighted by Crippen LogP contribution is 2.15. The molecule has 100 valence electrons. The summed E-state index contributed by atoms with van der Waals surface area (Å²) in [5, 5.41) is 1.64. The van der Waals surface area contributed by atoms with E-state index in [1.807, 2.05) is 0 Å². The smallest absolute Gasteiger partial charge is 0.253 e. The van der Waals surface area contributed by atoms with Crippen molar-refractivity contribution in [2.24, 2.45) is 5.73 Å². The quantitative estimate of drug-likeness (QED) is 0.783. The number of benzene rings is 1. The molecular weight excluding hydrogens is 254 g/mol. The van der Waals surface area contributed by atoms with Crippen LogP contribution in [0.2, 0.25) is 0 Å². The summed E-state index contributed by atoms with van der Waals surface area (Å²) >= 11 is 0. The van der Waals surface area contributed by atoms with Crippen molar-refractivity contribution in [2.75, 3.05) is 26.3 Å². The Bertz CT molecular complexity index is 498. The molecule has 2 rings (SSSR count). The highest BCUT2D eigenvalue weighted by atomic mass is 32.2. The molecule has 0 unspecified atom stereocenters. The Morgan fingerprint density at radius 1 is 1.28 bits per heavy atom. The van der Waals surface area contributed by atoms with Crippen LogP contribution in [0.15, 0.2) is 29.2 Å². The highest BCUT2D eigenvalue weighted by Gasteiger charge is 2.21. The Balaban J connectivity index is 2.19. The molecular formula is C11H17N3O3S. The number of hydrogen-bond acceptors (Lipinski definition) is 5. The number of ether oxygens (including phenoxy) is 1. The van der Waals surface area contributed by atoms with Gasteiger partial charge < -0.3 is 10.5 Å². The van der Waals surface area contributed by atoms with Crippen LogP contribution in [-0.2, 0) is 21.3 Å². The second-order valence-electron chi connectivity index (χ2n) is 4.01. The predicted octanol–water partition coefficient (Wildman–Crippen LogP) is -0.329. The van der Waals surface area contributed by atoms with E-state index < -0.39 is 10.0 Å². The largest absolute Gasteiger partial charge is 0.379 e. The SMILES string of the molecule is NCc1ccccc1S(=O)(=O)NN1CCOCC1. The molecule has 18 heavy (non-hydrogen) atoms. The van der Waals surface area contributed by atoms with Crippen molar-refractivity contribution in [1.29, 1.82) is 0 Å². The predicted molar refractivity (Wildman–Crippen MR) is 67.0 cm³/mol. The molecule has 1 fully saturated rings. The van der Waals surface area contributed by atoms with E-state index in [0.717, 1.165) is 0 Å². The molecule has 0 radical (unpaired) electrons. The Kier molecular flexibility index (Phi) is 4.31. The molecule has 1 aromatic carbocycles. The van der Waals surface area contributed by atoms with Crippen molar-refractivity contribution in [3.63, 3.8) is 0 Å². The van der Waals surface area contributed by atoms with Gasteiger partial charge in [0, 0.05) is 19.6 Å². The van der Waals surface area contributed by atoms with Gasteiger partial charge >= 0.3 is 0 Å². The lowest BCUT2D eigenvalue weighted by Crippen LogP contribution is -2.48. The maximum Gasteiger partial charge on any atom is 0.253 e. The molecule has 1 aliphatic heterocycles. The van der Waals surface area contributed by atoms with E-state index >= 15 is 0 Å². The molecule has 0 spiro atoms. The number of rotatable bonds is 4. The summed E-state index contributed by atoms with van der Waals surface area (Å²) in [6.07, 6.45) is 0. The third-order valence-corrected chi connectivity index (χ3v) is 4.22. The third kappa shape index (κ3) is 3.06. The second-order valence-corrected chi connectivity index (χ2v) is 5.64. The first kappa shape index (κ1) is 13.4. The van der Waals surface area contributed by atoms with Crippen LogP contribution in [0.25, 0.3) is 0 Å². The molecule has 0 aromatic heterocycles. The average molecular weight is 271 g/mol. The zero-order valence-corrected chi connectivity index (χ0v) is 10.8. The maximum absolute atomic E-state index is 12.2. The van der Waals surface area contributed by atoms with Crippen molar-refractivity contribution >= 4 is 10.0 Å². The van der Waals surface area contributed by atoms with Gasteiger partial charge in [0.2, 0.25) is 0 Å². The molecule has 0 aliphatic carbocycles. The molecule has 0 atom stereocenters. The van der Waals surface area contributed by atoms with Crippen LogP contribution >= 0.6 is 0 Å². The molecule has 1 aromatic rings. The Labute approximate surface area is 107 Å². The zero-order chi connectivity index (χ0) is 13.0. The molecule has 1 heterocycles. The summed E-state index contributed by atoms with van der Waals surface area (Å²) in [5.41, 5.74) is 6.16. The van der Waals surface area contributed by atoms with Gasteiger partial charge in [-0.15, -0.1) is 4.83 Å². The van der Waals surface area contributed by atoms with Gasteiger partial charge in [0.1, 0.15) is 0 Å². The molecule has 1 aliphatic rings. The minimum Gasteiger partial charge on any atom is -0.379 e. The Hall–Kier alpha value is -0.990. The van der Waals surface area contributed by atoms with E-state index in [1.54, 1.807) is 29.3 Å². The molecule has 0 saturated carbocycles. The van der Waals surface area contributed by atoms with E-state index in [4.69, 9.17) is 10.5 Å². The summed E-state index contributed by atoms with van der Waals surface area (Å²) < 4.78 is 29.6. The number of hydrazine groups is 1. The van der Waals surface area contributed by atoms with E-state index in [0.29, 0.717) is 31.9 Å². The van der Waals surface area contributed by atoms with Crippen molar-refractivity contribution in [2.45, 2.75) is 11.4 Å². The lowest BCUT2D eigenvalue weighted by molar-refractivity contribution is 0.0272. The molecule has 6 nitrogen and oxygen atoms in total. The van der Waals surface area contributed by atoms with Gasteiger partial charge in [-0.1, -0.05) is 18.2 Å². The average Bonchev–Trinajstić information content (AvgIpc) is 2.39. The van der Waals surface area contributed by atoms with E-state index in [2.05, 4.69) is 4.83 Å². The van der Waals surface area contributed by atoms with E-state index in [1.165, 1.54) is 0 Å². The summed E-state index contributed by atoms with van der Waals surface area (Å²) in [5.74, 6) is 0. The summed E-state index contributed by atoms with van der Waals surface area (Å²) in [6, 6.07) is 6.74. The maximum atomic E-state index is 12.2. The van der Waals surface area contributed by atoms with Gasteiger partial charge in [-0.05, 0) is 11.6 Å². The Morgan fingerprint density at radius 2 is 1.94 bits per heavy atom. The molecule has 0 amide bonds. The number of morpholine rings is 1. The molecule has 3 N–H and O–H groups in total. The van der Waals surface area contributed by atoms with Crippen molar-refractivity contribution < 1.29 is 13.2 Å². The van der Waals surface area contributed by atoms with Gasteiger partial charge in [0.25, 0.3) is 10.0 Å². The fourth-order valence-electron chi connectivity index (χ4n) is 1.81. The van der Waals surface area contributed by atoms with Crippen molar-refractivity contribution in [1.82, 2.24) is 9.84 Å². The van der Waals surface area contributed by atoms with Crippen molar-refractivity contribution in [3.8, 4) is 0 Å². The fourth-order valence-corrected chi connectivity index (χ4v) is 3.18. The lowest BCUT2D eigenvalue weighted by Gasteiger charge is -2.27. The highest BCUT2D eigenvalue weighted by molar-refractivity contribution is 7.89. The second kappa shape index (κ2) is 5.77. The minimum absolute atomic E-state index is 0.195. The summed E-state index contributed by atoms with van der Waals surface area (Å²) in [4.78, 5) is 2.79. The van der Waals surface area contributed by atoms with Crippen molar-refractivity contribution in [3.05, 3.63) is 29.8 Å². The monoisotopic (exact) mass is 271 g/mol. The number of nitrogens with zero attached hydrogens (tertiary/aromatic N) is 1. The van der Waals surface area contributed by atoms with E-state index in [-0.39, 0.29) is 11.4 Å². The normalized spacial score (nSPS) is 17.8. The van der Waals surface area contributed by atoms with E-state index in [9.17, 15) is 8.42 Å². The summed E-state index contributed by atoms with van der Waals surface area (Å²) in [6.45, 7) is 2.34. The van der Waals surface area contributed by atoms with Gasteiger partial charge in [-0.3, -0.25) is 0 Å². The van der Waals surface area contributed by atoms with Crippen LogP contribution in [0, 0.1) is 0 Å². The van der Waals surface area contributed by atoms with Crippen LogP contribution in [0.4, 0.5) is 0 Å². The van der Waals surface area contributed by atoms with Crippen LogP contribution in [-0.4, -0.2) is 39.7 Å². The van der Waals surface area contributed by atoms with Gasteiger partial charge in [0.05, 0.1) is 18.1 Å². The van der Waals surface area contributed by atoms with Crippen LogP contribution in [0.5, 0.6) is 0 Å². The number of sulfonamides is 1. The Morgan fingerprint density at radius 3 is 2.61 bits per heavy atom. The van der Waals surface area contributed by atoms with Crippen LogP contribution < -0.4 is 10.6 Å². The zero-order valence-electron chi connectivity index (χ0n) is 10.0. The lowest BCUT2D eigenvalue weighted by atomic mass is 10.2. The van der Waals surface area contributed by atoms with Gasteiger partial charge in [0.15, 0.2) is 0 Å². The molecule has 7 heteroatoms. The first-order valence-electron chi connectivity index (χ1n) is 5.76. The van der Waals surface area contributed by atoms with Gasteiger partial charge in [-0.25, -0.2) is 13.4 Å². The molecule has 1 saturated heterocycles. The topological polar surface area (TPSA) is 84.7 Å². The minimum atomic E-state index is -3.56. The number of hydrogen-bond donors (Lipinski definition) is 2. The third-order valence-electron chi connectivity index (χ3n) is 2.74. The van der Waals surface area contributed by atoms with Crippen LogP contribution in [0.1, 0.15) is 5.56 Å². The molecule has 0 bridgehead atoms. The first-order valence-corrected chi connectivity index (χ1v) is 7.25. The number of nitrogens with two attached hydrogens (primary N) is 1. The summed E-state index contributed by atoms with van der Waals surface area (Å²) in [7, 11) is -3.56. The fraction of sp³-hybridized carbons (Fsp3) is 0.455. The van der Waals surface area contributed by atoms with Gasteiger partial charge in [-0.2, -0.15) is 0 Å². The first-order chi connectivity index (χ1) is 8.63. The number of nitrogens with one attached hydrogen (secondary N) is 1.